The third kappa shape index (κ3) is 3.39. The number of hydrogen-bond acceptors (Lipinski definition) is 3. The van der Waals surface area contributed by atoms with Crippen LogP contribution in [0.3, 0.4) is 0 Å². The molecule has 2 fully saturated rings. The summed E-state index contributed by atoms with van der Waals surface area (Å²) in [6, 6.07) is 15.5. The Labute approximate surface area is 157 Å². The molecule has 0 radical (unpaired) electrons. The van der Waals surface area contributed by atoms with E-state index < -0.39 is 11.7 Å². The smallest absolute Gasteiger partial charge is 0.407 e. The third-order valence-electron chi connectivity index (χ3n) is 5.57. The number of alkyl carbamates (subject to hydrolysis) is 1. The summed E-state index contributed by atoms with van der Waals surface area (Å²) in [5, 5.41) is 2.74. The highest BCUT2D eigenvalue weighted by Crippen LogP contribution is 2.42. The standard InChI is InChI=1S/C21H21FN2O3/c22-17-8-6-15(7-9-17)18-14-23-20(26)27-21(18)10-12-24(13-11-21)19(25)16-4-2-1-3-5-16/h1-9,18H,10-14H2,(H,23,26). The van der Waals surface area contributed by atoms with Gasteiger partial charge in [0.15, 0.2) is 0 Å². The number of halogens is 1. The second-order valence-corrected chi connectivity index (χ2v) is 7.10. The van der Waals surface area contributed by atoms with Crippen LogP contribution in [-0.4, -0.2) is 42.1 Å². The van der Waals surface area contributed by atoms with E-state index in [1.54, 1.807) is 29.2 Å². The van der Waals surface area contributed by atoms with Crippen molar-refractivity contribution in [2.45, 2.75) is 24.4 Å². The first-order valence-electron chi connectivity index (χ1n) is 9.14. The molecule has 1 N–H and O–H groups in total. The van der Waals surface area contributed by atoms with E-state index in [2.05, 4.69) is 5.32 Å². The highest BCUT2D eigenvalue weighted by molar-refractivity contribution is 5.94. The highest BCUT2D eigenvalue weighted by atomic mass is 19.1. The summed E-state index contributed by atoms with van der Waals surface area (Å²) in [5.74, 6) is -0.384. The summed E-state index contributed by atoms with van der Waals surface area (Å²) in [5.41, 5.74) is 0.915. The van der Waals surface area contributed by atoms with Crippen molar-refractivity contribution >= 4 is 12.0 Å². The van der Waals surface area contributed by atoms with Crippen LogP contribution in [0.1, 0.15) is 34.7 Å². The van der Waals surface area contributed by atoms with Gasteiger partial charge in [0.1, 0.15) is 11.4 Å². The van der Waals surface area contributed by atoms with Gasteiger partial charge in [-0.3, -0.25) is 4.79 Å². The summed E-state index contributed by atoms with van der Waals surface area (Å²) in [7, 11) is 0. The van der Waals surface area contributed by atoms with Crippen LogP contribution in [0.25, 0.3) is 0 Å². The van der Waals surface area contributed by atoms with Crippen LogP contribution < -0.4 is 5.32 Å². The first kappa shape index (κ1) is 17.5. The molecule has 2 amide bonds. The zero-order valence-corrected chi connectivity index (χ0v) is 14.9. The second kappa shape index (κ2) is 7.02. The van der Waals surface area contributed by atoms with Gasteiger partial charge in [-0.15, -0.1) is 0 Å². The number of piperidine rings is 1. The predicted octanol–water partition coefficient (Wildman–Crippen LogP) is 3.32. The summed E-state index contributed by atoms with van der Waals surface area (Å²) in [6.07, 6.45) is 0.679. The van der Waals surface area contributed by atoms with Gasteiger partial charge in [-0.25, -0.2) is 9.18 Å². The summed E-state index contributed by atoms with van der Waals surface area (Å²) in [4.78, 5) is 26.4. The van der Waals surface area contributed by atoms with Gasteiger partial charge < -0.3 is 15.0 Å². The lowest BCUT2D eigenvalue weighted by Gasteiger charge is -2.48. The number of ether oxygens (including phenoxy) is 1. The molecule has 2 heterocycles. The Balaban J connectivity index is 1.53. The molecule has 2 aliphatic rings. The van der Waals surface area contributed by atoms with E-state index in [1.807, 2.05) is 18.2 Å². The number of hydrogen-bond donors (Lipinski definition) is 1. The zero-order valence-electron chi connectivity index (χ0n) is 14.9. The topological polar surface area (TPSA) is 58.6 Å². The fraction of sp³-hybridized carbons (Fsp3) is 0.333. The van der Waals surface area contributed by atoms with Crippen molar-refractivity contribution in [3.8, 4) is 0 Å². The summed E-state index contributed by atoms with van der Waals surface area (Å²) >= 11 is 0. The van der Waals surface area contributed by atoms with Gasteiger partial charge in [0.25, 0.3) is 5.91 Å². The fourth-order valence-corrected chi connectivity index (χ4v) is 4.08. The van der Waals surface area contributed by atoms with Gasteiger partial charge in [-0.1, -0.05) is 30.3 Å². The van der Waals surface area contributed by atoms with E-state index in [0.29, 0.717) is 38.0 Å². The van der Waals surface area contributed by atoms with Crippen LogP contribution in [0.15, 0.2) is 54.6 Å². The second-order valence-electron chi connectivity index (χ2n) is 7.10. The van der Waals surface area contributed by atoms with Crippen molar-refractivity contribution < 1.29 is 18.7 Å². The minimum Gasteiger partial charge on any atom is -0.442 e. The molecule has 27 heavy (non-hydrogen) atoms. The molecular weight excluding hydrogens is 347 g/mol. The quantitative estimate of drug-likeness (QED) is 0.885. The normalized spacial score (nSPS) is 21.4. The monoisotopic (exact) mass is 368 g/mol. The number of carbonyl (C=O) groups excluding carboxylic acids is 2. The maximum atomic E-state index is 13.3. The average Bonchev–Trinajstić information content (AvgIpc) is 2.70. The SMILES string of the molecule is O=C1NCC(c2ccc(F)cc2)C2(CCN(C(=O)c3ccccc3)CC2)O1. The molecule has 5 nitrogen and oxygen atoms in total. The lowest BCUT2D eigenvalue weighted by atomic mass is 9.74. The largest absolute Gasteiger partial charge is 0.442 e. The molecule has 6 heteroatoms. The van der Waals surface area contributed by atoms with Gasteiger partial charge >= 0.3 is 6.09 Å². The summed E-state index contributed by atoms with van der Waals surface area (Å²) in [6.45, 7) is 1.47. The molecule has 0 saturated carbocycles. The Bertz CT molecular complexity index is 830. The molecule has 1 atom stereocenters. The van der Waals surface area contributed by atoms with Crippen molar-refractivity contribution in [1.82, 2.24) is 10.2 Å². The molecule has 140 valence electrons. The van der Waals surface area contributed by atoms with Crippen LogP contribution in [0, 0.1) is 5.82 Å². The van der Waals surface area contributed by atoms with Gasteiger partial charge in [0.2, 0.25) is 0 Å². The Morgan fingerprint density at radius 1 is 1.07 bits per heavy atom. The van der Waals surface area contributed by atoms with Gasteiger partial charge in [-0.05, 0) is 29.8 Å². The Morgan fingerprint density at radius 3 is 2.41 bits per heavy atom. The first-order valence-corrected chi connectivity index (χ1v) is 9.14. The van der Waals surface area contributed by atoms with E-state index in [4.69, 9.17) is 4.74 Å². The molecule has 2 saturated heterocycles. The van der Waals surface area contributed by atoms with Gasteiger partial charge in [0.05, 0.1) is 0 Å². The maximum Gasteiger partial charge on any atom is 0.407 e. The molecular formula is C21H21FN2O3. The van der Waals surface area contributed by atoms with Gasteiger partial charge in [-0.2, -0.15) is 0 Å². The van der Waals surface area contributed by atoms with E-state index in [-0.39, 0.29) is 17.6 Å². The number of nitrogens with one attached hydrogen (secondary N) is 1. The number of amides is 2. The zero-order chi connectivity index (χ0) is 18.9. The maximum absolute atomic E-state index is 13.3. The number of carbonyl (C=O) groups is 2. The van der Waals surface area contributed by atoms with E-state index in [0.717, 1.165) is 5.56 Å². The summed E-state index contributed by atoms with van der Waals surface area (Å²) < 4.78 is 19.1. The van der Waals surface area contributed by atoms with Crippen LogP contribution in [0.2, 0.25) is 0 Å². The molecule has 2 aromatic rings. The predicted molar refractivity (Wildman–Crippen MR) is 97.9 cm³/mol. The molecule has 0 bridgehead atoms. The van der Waals surface area contributed by atoms with E-state index >= 15 is 0 Å². The van der Waals surface area contributed by atoms with Gasteiger partial charge in [0, 0.05) is 44.0 Å². The Kier molecular flexibility index (Phi) is 4.56. The average molecular weight is 368 g/mol. The number of nitrogens with zero attached hydrogens (tertiary/aromatic N) is 1. The number of likely N-dealkylation sites (tertiary alicyclic amines) is 1. The van der Waals surface area contributed by atoms with Crippen molar-refractivity contribution in [2.75, 3.05) is 19.6 Å². The van der Waals surface area contributed by atoms with E-state index in [9.17, 15) is 14.0 Å². The molecule has 0 aromatic heterocycles. The van der Waals surface area contributed by atoms with Crippen molar-refractivity contribution in [3.63, 3.8) is 0 Å². The molecule has 2 aromatic carbocycles. The fourth-order valence-electron chi connectivity index (χ4n) is 4.08. The number of rotatable bonds is 2. The molecule has 4 rings (SSSR count). The van der Waals surface area contributed by atoms with E-state index in [1.165, 1.54) is 12.1 Å². The Morgan fingerprint density at radius 2 is 1.74 bits per heavy atom. The van der Waals surface area contributed by atoms with Crippen LogP contribution in [-0.2, 0) is 4.74 Å². The molecule has 1 spiro atoms. The van der Waals surface area contributed by atoms with Crippen molar-refractivity contribution in [3.05, 3.63) is 71.5 Å². The minimum atomic E-state index is -0.673. The highest BCUT2D eigenvalue weighted by Gasteiger charge is 2.48. The lowest BCUT2D eigenvalue weighted by molar-refractivity contribution is -0.0645. The molecule has 1 unspecified atom stereocenters. The van der Waals surface area contributed by atoms with Crippen molar-refractivity contribution in [2.24, 2.45) is 0 Å². The lowest BCUT2D eigenvalue weighted by Crippen LogP contribution is -2.58. The van der Waals surface area contributed by atoms with Crippen LogP contribution >= 0.6 is 0 Å². The minimum absolute atomic E-state index is 0.0101. The molecule has 0 aliphatic carbocycles. The molecule has 2 aliphatic heterocycles. The van der Waals surface area contributed by atoms with Crippen molar-refractivity contribution in [1.29, 1.82) is 0 Å². The Hall–Kier alpha value is -2.89. The van der Waals surface area contributed by atoms with Crippen LogP contribution in [0.5, 0.6) is 0 Å². The third-order valence-corrected chi connectivity index (χ3v) is 5.57. The van der Waals surface area contributed by atoms with Crippen LogP contribution in [0.4, 0.5) is 9.18 Å². The first-order chi connectivity index (χ1) is 13.1. The number of benzene rings is 2.